The Morgan fingerprint density at radius 1 is 0.716 bits per heavy atom. The number of benzene rings is 2. The highest BCUT2D eigenvalue weighted by molar-refractivity contribution is 9.10. The molecule has 2 aromatic heterocycles. The molecule has 2 atom stereocenters. The second-order valence-electron chi connectivity index (χ2n) is 18.9. The van der Waals surface area contributed by atoms with E-state index in [4.69, 9.17) is 25.9 Å². The fourth-order valence-electron chi connectivity index (χ4n) is 8.38. The number of nitrogens with zero attached hydrogens (tertiary/aromatic N) is 6. The van der Waals surface area contributed by atoms with Crippen molar-refractivity contribution in [1.82, 2.24) is 29.7 Å². The number of aryl methyl sites for hydroxylation is 2. The summed E-state index contributed by atoms with van der Waals surface area (Å²) in [5.74, 6) is 7.23. The Kier molecular flexibility index (Phi) is 15.4. The lowest BCUT2D eigenvalue weighted by Gasteiger charge is -2.31. The molecule has 4 heterocycles. The molecule has 15 heteroatoms. The largest absolute Gasteiger partial charge is 0.461 e. The lowest BCUT2D eigenvalue weighted by molar-refractivity contribution is -0.138. The monoisotopic (exact) mass is 974 g/mol. The SMILES string of the molecule is C#C[C@]1(O)CCN(C)C1=O.CCOC(=O)c1nc(-c2cccc(Br)c2)nc2c1CC(C)(C)CC2.CCOC(=O)c1nc(-c2cccc(C#C[C@]3(O)CCN(C)C3=O)c2)nc2c1CC(C)(C)CC2. The van der Waals surface area contributed by atoms with E-state index in [0.29, 0.717) is 60.3 Å². The molecule has 0 unspecified atom stereocenters. The standard InChI is InChI=1S/C26H29N3O4.C19H21BrN2O2.C7H9NO2/c1-5-33-23(30)21-19-16-25(2,3)11-10-20(19)27-22(28-21)18-8-6-7-17(15-18)9-12-26(32)13-14-29(4)24(26)31;1-4-24-18(23)16-14-11-19(2,3)9-8-15(14)21-17(22-16)12-6-5-7-13(20)10-12;1-3-7(10)4-5-8(2)6(7)9/h6-8,15,32H,5,10-11,13-14,16H2,1-4H3;5-7,10H,4,8-9,11H2,1-3H3;1,10H,4-5H2,2H3/t26-;;7-/m0.0/s1. The van der Waals surface area contributed by atoms with E-state index < -0.39 is 17.2 Å². The zero-order chi connectivity index (χ0) is 48.9. The van der Waals surface area contributed by atoms with E-state index in [-0.39, 0.29) is 41.6 Å². The van der Waals surface area contributed by atoms with Gasteiger partial charge in [-0.2, -0.15) is 0 Å². The number of fused-ring (bicyclic) bond motifs is 2. The molecule has 2 aliphatic heterocycles. The smallest absolute Gasteiger partial charge is 0.357 e. The van der Waals surface area contributed by atoms with Gasteiger partial charge in [0, 0.05) is 83.7 Å². The summed E-state index contributed by atoms with van der Waals surface area (Å²) in [6.45, 7) is 14.0. The van der Waals surface area contributed by atoms with Gasteiger partial charge in [-0.1, -0.05) is 85.7 Å². The number of carbonyl (C=O) groups excluding carboxylic acids is 4. The lowest BCUT2D eigenvalue weighted by atomic mass is 9.75. The van der Waals surface area contributed by atoms with Crippen molar-refractivity contribution < 1.29 is 38.9 Å². The van der Waals surface area contributed by atoms with Crippen molar-refractivity contribution in [1.29, 1.82) is 0 Å². The van der Waals surface area contributed by atoms with Crippen LogP contribution in [-0.2, 0) is 44.7 Å². The van der Waals surface area contributed by atoms with Crippen LogP contribution in [-0.4, -0.2) is 115 Å². The summed E-state index contributed by atoms with van der Waals surface area (Å²) in [4.78, 5) is 70.0. The number of rotatable bonds is 6. The number of aliphatic hydroxyl groups is 2. The second-order valence-corrected chi connectivity index (χ2v) is 19.8. The minimum absolute atomic E-state index is 0.0701. The highest BCUT2D eigenvalue weighted by atomic mass is 79.9. The molecule has 2 amide bonds. The van der Waals surface area contributed by atoms with Crippen LogP contribution in [0.1, 0.15) is 116 Å². The van der Waals surface area contributed by atoms with Crippen molar-refractivity contribution in [3.63, 3.8) is 0 Å². The average Bonchev–Trinajstić information content (AvgIpc) is 3.71. The number of esters is 2. The molecule has 2 N–H and O–H groups in total. The second kappa shape index (κ2) is 20.5. The number of carbonyl (C=O) groups is 4. The highest BCUT2D eigenvalue weighted by Gasteiger charge is 2.43. The van der Waals surface area contributed by atoms with Gasteiger partial charge >= 0.3 is 11.9 Å². The number of likely N-dealkylation sites (tertiary alicyclic amines) is 2. The van der Waals surface area contributed by atoms with Gasteiger partial charge in [0.25, 0.3) is 11.8 Å². The van der Waals surface area contributed by atoms with E-state index in [1.165, 1.54) is 9.80 Å². The molecule has 0 radical (unpaired) electrons. The first-order valence-electron chi connectivity index (χ1n) is 22.6. The molecule has 0 spiro atoms. The first-order chi connectivity index (χ1) is 31.6. The van der Waals surface area contributed by atoms with Crippen LogP contribution in [0.4, 0.5) is 0 Å². The minimum Gasteiger partial charge on any atom is -0.461 e. The van der Waals surface area contributed by atoms with Crippen LogP contribution in [0.15, 0.2) is 53.0 Å². The summed E-state index contributed by atoms with van der Waals surface area (Å²) in [5, 5.41) is 19.9. The molecule has 352 valence electrons. The molecule has 14 nitrogen and oxygen atoms in total. The third-order valence-corrected chi connectivity index (χ3v) is 12.9. The van der Waals surface area contributed by atoms with Crippen molar-refractivity contribution in [3.8, 4) is 47.0 Å². The molecule has 2 aliphatic carbocycles. The molecular weight excluding hydrogens is 917 g/mol. The van der Waals surface area contributed by atoms with E-state index in [1.807, 2.05) is 49.4 Å². The first kappa shape index (κ1) is 50.4. The topological polar surface area (TPSA) is 185 Å². The van der Waals surface area contributed by atoms with Gasteiger partial charge in [-0.25, -0.2) is 29.5 Å². The van der Waals surface area contributed by atoms with Gasteiger partial charge in [0.15, 0.2) is 23.0 Å². The number of terminal acetylenes is 1. The summed E-state index contributed by atoms with van der Waals surface area (Å²) in [6.07, 6.45) is 10.8. The maximum Gasteiger partial charge on any atom is 0.357 e. The van der Waals surface area contributed by atoms with Crippen LogP contribution in [0.5, 0.6) is 0 Å². The minimum atomic E-state index is -1.66. The highest BCUT2D eigenvalue weighted by Crippen LogP contribution is 2.38. The fraction of sp³-hybridized carbons (Fsp3) is 0.462. The number of amides is 2. The molecule has 2 fully saturated rings. The average molecular weight is 976 g/mol. The van der Waals surface area contributed by atoms with Crippen molar-refractivity contribution in [3.05, 3.63) is 92.5 Å². The third-order valence-electron chi connectivity index (χ3n) is 12.4. The Bertz CT molecular complexity index is 2680. The summed E-state index contributed by atoms with van der Waals surface area (Å²) in [5.41, 5.74) is 3.70. The molecule has 8 rings (SSSR count). The van der Waals surface area contributed by atoms with Crippen molar-refractivity contribution >= 4 is 39.7 Å². The van der Waals surface area contributed by atoms with Gasteiger partial charge in [-0.05, 0) is 87.5 Å². The molecule has 4 aliphatic rings. The van der Waals surface area contributed by atoms with Gasteiger partial charge in [-0.3, -0.25) is 9.59 Å². The van der Waals surface area contributed by atoms with E-state index in [2.05, 4.69) is 71.4 Å². The van der Waals surface area contributed by atoms with Crippen LogP contribution in [0.2, 0.25) is 0 Å². The maximum absolute atomic E-state index is 12.7. The number of hydrogen-bond acceptors (Lipinski definition) is 12. The van der Waals surface area contributed by atoms with Crippen molar-refractivity contribution in [2.45, 2.75) is 104 Å². The summed E-state index contributed by atoms with van der Waals surface area (Å²) in [6, 6.07) is 15.1. The number of likely N-dealkylation sites (N-methyl/N-ethyl adjacent to an activating group) is 2. The Balaban J connectivity index is 0.000000189. The Morgan fingerprint density at radius 2 is 1.18 bits per heavy atom. The lowest BCUT2D eigenvalue weighted by Crippen LogP contribution is -2.37. The third kappa shape index (κ3) is 11.8. The fourth-order valence-corrected chi connectivity index (χ4v) is 8.78. The van der Waals surface area contributed by atoms with E-state index >= 15 is 0 Å². The summed E-state index contributed by atoms with van der Waals surface area (Å²) in [7, 11) is 3.27. The molecule has 0 saturated carbocycles. The van der Waals surface area contributed by atoms with E-state index in [9.17, 15) is 29.4 Å². The molecule has 67 heavy (non-hydrogen) atoms. The number of halogens is 1. The maximum atomic E-state index is 12.7. The summed E-state index contributed by atoms with van der Waals surface area (Å²) >= 11 is 3.47. The van der Waals surface area contributed by atoms with Crippen LogP contribution < -0.4 is 0 Å². The number of ether oxygens (including phenoxy) is 2. The van der Waals surface area contributed by atoms with Crippen molar-refractivity contribution in [2.24, 2.45) is 10.8 Å². The summed E-state index contributed by atoms with van der Waals surface area (Å²) < 4.78 is 11.5. The van der Waals surface area contributed by atoms with E-state index in [0.717, 1.165) is 71.1 Å². The molecular formula is C52H59BrN6O8. The molecule has 2 saturated heterocycles. The van der Waals surface area contributed by atoms with Crippen LogP contribution in [0, 0.1) is 35.0 Å². The first-order valence-corrected chi connectivity index (χ1v) is 23.4. The molecule has 0 bridgehead atoms. The molecule has 4 aromatic rings. The number of aromatic nitrogens is 4. The predicted octanol–water partition coefficient (Wildman–Crippen LogP) is 6.59. The normalized spacial score (nSPS) is 20.9. The zero-order valence-electron chi connectivity index (χ0n) is 39.6. The van der Waals surface area contributed by atoms with Gasteiger partial charge < -0.3 is 29.5 Å². The Hall–Kier alpha value is -6.00. The number of hydrogen-bond donors (Lipinski definition) is 2. The Labute approximate surface area is 401 Å². The molecule has 2 aromatic carbocycles. The van der Waals surface area contributed by atoms with Crippen LogP contribution in [0.25, 0.3) is 22.8 Å². The Morgan fingerprint density at radius 3 is 1.60 bits per heavy atom. The predicted molar refractivity (Wildman–Crippen MR) is 256 cm³/mol. The van der Waals surface area contributed by atoms with E-state index in [1.54, 1.807) is 27.1 Å². The van der Waals surface area contributed by atoms with Gasteiger partial charge in [0.05, 0.1) is 13.2 Å². The van der Waals surface area contributed by atoms with Gasteiger partial charge in [-0.15, -0.1) is 6.42 Å². The van der Waals surface area contributed by atoms with Gasteiger partial charge in [0.1, 0.15) is 0 Å². The van der Waals surface area contributed by atoms with Gasteiger partial charge in [0.2, 0.25) is 11.2 Å². The quantitative estimate of drug-likeness (QED) is 0.156. The van der Waals surface area contributed by atoms with Crippen molar-refractivity contribution in [2.75, 3.05) is 40.4 Å². The van der Waals surface area contributed by atoms with Crippen LogP contribution in [0.3, 0.4) is 0 Å². The zero-order valence-corrected chi connectivity index (χ0v) is 41.2. The van der Waals surface area contributed by atoms with Crippen LogP contribution >= 0.6 is 15.9 Å².